The lowest BCUT2D eigenvalue weighted by Gasteiger charge is -2.38. The molecule has 1 spiro atoms. The molecule has 0 saturated carbocycles. The molecule has 9 heteroatoms. The van der Waals surface area contributed by atoms with Crippen LogP contribution >= 0.6 is 0 Å². The van der Waals surface area contributed by atoms with Gasteiger partial charge in [0.1, 0.15) is 17.4 Å². The zero-order valence-corrected chi connectivity index (χ0v) is 26.0. The van der Waals surface area contributed by atoms with E-state index >= 15 is 0 Å². The van der Waals surface area contributed by atoms with Crippen molar-refractivity contribution < 1.29 is 29.0 Å². The van der Waals surface area contributed by atoms with Gasteiger partial charge in [-0.25, -0.2) is 0 Å². The Morgan fingerprint density at radius 3 is 2.37 bits per heavy atom. The number of aliphatic hydroxyl groups is 1. The van der Waals surface area contributed by atoms with Gasteiger partial charge in [0.2, 0.25) is 17.7 Å². The number of hydrogen-bond donors (Lipinski definition) is 1. The highest BCUT2D eigenvalue weighted by atomic mass is 16.5. The van der Waals surface area contributed by atoms with Crippen molar-refractivity contribution in [3.05, 3.63) is 48.6 Å². The number of anilines is 1. The smallest absolute Gasteiger partial charge is 0.249 e. The number of hydrogen-bond acceptors (Lipinski definition) is 6. The molecule has 1 aromatic carbocycles. The molecular weight excluding hydrogens is 546 g/mol. The van der Waals surface area contributed by atoms with Gasteiger partial charge in [-0.3, -0.25) is 14.4 Å². The van der Waals surface area contributed by atoms with E-state index in [1.54, 1.807) is 9.80 Å². The molecule has 0 radical (unpaired) electrons. The first-order valence-corrected chi connectivity index (χ1v) is 16.0. The van der Waals surface area contributed by atoms with Crippen LogP contribution in [0.4, 0.5) is 5.69 Å². The lowest BCUT2D eigenvalue weighted by Crippen LogP contribution is -2.57. The third kappa shape index (κ3) is 5.50. The van der Waals surface area contributed by atoms with Crippen LogP contribution in [0.2, 0.25) is 0 Å². The molecule has 1 aromatic rings. The van der Waals surface area contributed by atoms with E-state index in [0.717, 1.165) is 37.1 Å². The van der Waals surface area contributed by atoms with Gasteiger partial charge in [-0.2, -0.15) is 0 Å². The zero-order valence-electron chi connectivity index (χ0n) is 26.0. The number of carbonyl (C=O) groups excluding carboxylic acids is 3. The molecule has 9 nitrogen and oxygen atoms in total. The highest BCUT2D eigenvalue weighted by molar-refractivity contribution is 6.04. The van der Waals surface area contributed by atoms with E-state index in [1.165, 1.54) is 0 Å². The van der Waals surface area contributed by atoms with Gasteiger partial charge in [0.05, 0.1) is 24.0 Å². The van der Waals surface area contributed by atoms with E-state index in [1.807, 2.05) is 67.3 Å². The molecule has 4 aliphatic heterocycles. The maximum absolute atomic E-state index is 14.5. The number of amides is 3. The average molecular weight is 594 g/mol. The Morgan fingerprint density at radius 2 is 1.67 bits per heavy atom. The van der Waals surface area contributed by atoms with E-state index in [9.17, 15) is 19.5 Å². The van der Waals surface area contributed by atoms with Gasteiger partial charge in [-0.15, -0.1) is 0 Å². The molecule has 2 fully saturated rings. The third-order valence-electron chi connectivity index (χ3n) is 9.59. The van der Waals surface area contributed by atoms with Crippen LogP contribution in [0.15, 0.2) is 48.6 Å². The molecule has 43 heavy (non-hydrogen) atoms. The molecule has 0 aliphatic carbocycles. The summed E-state index contributed by atoms with van der Waals surface area (Å²) in [5.74, 6) is -1.40. The average Bonchev–Trinajstić information content (AvgIpc) is 3.24. The predicted molar refractivity (Wildman–Crippen MR) is 165 cm³/mol. The van der Waals surface area contributed by atoms with Crippen LogP contribution in [0.5, 0.6) is 5.75 Å². The second-order valence-corrected chi connectivity index (χ2v) is 12.5. The molecule has 4 aliphatic rings. The number of ether oxygens (including phenoxy) is 2. The van der Waals surface area contributed by atoms with Gasteiger partial charge in [-0.1, -0.05) is 50.5 Å². The summed E-state index contributed by atoms with van der Waals surface area (Å²) in [5.41, 5.74) is -1.59. The normalized spacial score (nSPS) is 30.7. The second kappa shape index (κ2) is 12.8. The maximum Gasteiger partial charge on any atom is 0.249 e. The SMILES string of the molecule is CCCC(C)N1CC=C[C@]23O[C@@]4(C)C=CCN(c5ccc(OCC)cc5)C(=O)[C@H]4[C@H]2C(=O)N(CCCCCCO)C3C1=O. The third-order valence-corrected chi connectivity index (χ3v) is 9.59. The summed E-state index contributed by atoms with van der Waals surface area (Å²) in [5, 5.41) is 9.21. The summed E-state index contributed by atoms with van der Waals surface area (Å²) < 4.78 is 12.6. The lowest BCUT2D eigenvalue weighted by atomic mass is 9.74. The molecule has 0 bridgehead atoms. The molecule has 3 amide bonds. The Kier molecular flexibility index (Phi) is 9.32. The second-order valence-electron chi connectivity index (χ2n) is 12.5. The molecular formula is C34H47N3O6. The summed E-state index contributed by atoms with van der Waals surface area (Å²) in [4.78, 5) is 48.8. The van der Waals surface area contributed by atoms with Gasteiger partial charge < -0.3 is 29.3 Å². The van der Waals surface area contributed by atoms with Crippen LogP contribution in [-0.2, 0) is 19.1 Å². The number of likely N-dealkylation sites (tertiary alicyclic amines) is 1. The van der Waals surface area contributed by atoms with Gasteiger partial charge in [0, 0.05) is 38.0 Å². The van der Waals surface area contributed by atoms with Gasteiger partial charge in [0.25, 0.3) is 0 Å². The Labute approximate surface area is 255 Å². The van der Waals surface area contributed by atoms with Crippen molar-refractivity contribution in [1.29, 1.82) is 0 Å². The monoisotopic (exact) mass is 593 g/mol. The number of aliphatic hydroxyl groups excluding tert-OH is 1. The lowest BCUT2D eigenvalue weighted by molar-refractivity contribution is -0.152. The van der Waals surface area contributed by atoms with E-state index in [4.69, 9.17) is 9.47 Å². The van der Waals surface area contributed by atoms with Crippen molar-refractivity contribution in [2.45, 2.75) is 89.5 Å². The number of rotatable bonds is 12. The Bertz CT molecular complexity index is 1250. The van der Waals surface area contributed by atoms with Crippen LogP contribution in [0, 0.1) is 11.8 Å². The summed E-state index contributed by atoms with van der Waals surface area (Å²) in [6, 6.07) is 6.60. The van der Waals surface area contributed by atoms with E-state index in [2.05, 4.69) is 13.8 Å². The number of fused-ring (bicyclic) bond motifs is 2. The zero-order chi connectivity index (χ0) is 30.8. The van der Waals surface area contributed by atoms with Crippen molar-refractivity contribution >= 4 is 23.4 Å². The van der Waals surface area contributed by atoms with Crippen molar-refractivity contribution in [3.63, 3.8) is 0 Å². The van der Waals surface area contributed by atoms with E-state index in [-0.39, 0.29) is 30.4 Å². The minimum absolute atomic E-state index is 0.0111. The number of nitrogens with zero attached hydrogens (tertiary/aromatic N) is 3. The predicted octanol–water partition coefficient (Wildman–Crippen LogP) is 4.10. The minimum Gasteiger partial charge on any atom is -0.494 e. The fourth-order valence-electron chi connectivity index (χ4n) is 7.62. The van der Waals surface area contributed by atoms with Crippen LogP contribution < -0.4 is 9.64 Å². The van der Waals surface area contributed by atoms with Crippen LogP contribution in [0.25, 0.3) is 0 Å². The molecule has 1 N–H and O–H groups in total. The first kappa shape index (κ1) is 31.3. The van der Waals surface area contributed by atoms with Crippen molar-refractivity contribution in [1.82, 2.24) is 9.80 Å². The highest BCUT2D eigenvalue weighted by Gasteiger charge is 2.74. The molecule has 5 rings (SSSR count). The number of unbranched alkanes of at least 4 members (excludes halogenated alkanes) is 3. The van der Waals surface area contributed by atoms with Gasteiger partial charge in [0.15, 0.2) is 0 Å². The van der Waals surface area contributed by atoms with Gasteiger partial charge >= 0.3 is 0 Å². The molecule has 2 unspecified atom stereocenters. The Morgan fingerprint density at radius 1 is 0.953 bits per heavy atom. The molecule has 234 valence electrons. The van der Waals surface area contributed by atoms with Crippen LogP contribution in [-0.4, -0.2) is 88.8 Å². The minimum atomic E-state index is -1.25. The van der Waals surface area contributed by atoms with Crippen molar-refractivity contribution in [2.75, 3.05) is 37.7 Å². The maximum atomic E-state index is 14.5. The number of benzene rings is 1. The van der Waals surface area contributed by atoms with Crippen LogP contribution in [0.3, 0.4) is 0 Å². The Hall–Kier alpha value is -3.17. The topological polar surface area (TPSA) is 99.6 Å². The number of carbonyl (C=O) groups is 3. The first-order chi connectivity index (χ1) is 20.7. The summed E-state index contributed by atoms with van der Waals surface area (Å²) >= 11 is 0. The summed E-state index contributed by atoms with van der Waals surface area (Å²) in [6.45, 7) is 9.85. The molecule has 6 atom stereocenters. The molecule has 2 saturated heterocycles. The summed E-state index contributed by atoms with van der Waals surface area (Å²) in [6.07, 6.45) is 12.6. The Balaban J connectivity index is 1.53. The fraction of sp³-hybridized carbons (Fsp3) is 0.618. The molecule has 4 heterocycles. The molecule has 0 aromatic heterocycles. The highest BCUT2D eigenvalue weighted by Crippen LogP contribution is 2.57. The summed E-state index contributed by atoms with van der Waals surface area (Å²) in [7, 11) is 0. The standard InChI is InChI=1S/C34H47N3O6/c1-5-13-24(3)35-21-12-19-34-28(31(40)37(29(34)32(35)41)20-9-7-8-10-23-38)27-30(39)36(22-11-18-33(27,4)43-34)25-14-16-26(17-15-25)42-6-2/h11-12,14-19,24,27-29,38H,5-10,13,20-23H2,1-4H3/t24?,27-,28+,29?,33+,34+/m1/s1. The van der Waals surface area contributed by atoms with E-state index < -0.39 is 29.1 Å². The van der Waals surface area contributed by atoms with Crippen LogP contribution in [0.1, 0.15) is 66.2 Å². The van der Waals surface area contributed by atoms with Crippen molar-refractivity contribution in [2.24, 2.45) is 11.8 Å². The fourth-order valence-corrected chi connectivity index (χ4v) is 7.62. The van der Waals surface area contributed by atoms with E-state index in [0.29, 0.717) is 39.1 Å². The first-order valence-electron chi connectivity index (χ1n) is 16.0. The van der Waals surface area contributed by atoms with Crippen molar-refractivity contribution in [3.8, 4) is 5.75 Å². The van der Waals surface area contributed by atoms with Gasteiger partial charge in [-0.05, 0) is 64.3 Å². The quantitative estimate of drug-likeness (QED) is 0.290. The largest absolute Gasteiger partial charge is 0.494 e.